The van der Waals surface area contributed by atoms with E-state index in [9.17, 15) is 14.4 Å². The SMILES string of the molecule is Cl.NC1CCC2CN(C(=O)CNC(=O)c3c[nH]c4ccccc4c3=O)CC12. The monoisotopic (exact) mass is 390 g/mol. The van der Waals surface area contributed by atoms with Crippen LogP contribution in [-0.2, 0) is 4.79 Å². The van der Waals surface area contributed by atoms with Crippen molar-refractivity contribution in [2.75, 3.05) is 19.6 Å². The van der Waals surface area contributed by atoms with Crippen LogP contribution in [0.4, 0.5) is 0 Å². The molecule has 1 saturated carbocycles. The summed E-state index contributed by atoms with van der Waals surface area (Å²) in [6, 6.07) is 7.17. The minimum atomic E-state index is -0.540. The van der Waals surface area contributed by atoms with Crippen molar-refractivity contribution in [3.05, 3.63) is 46.2 Å². The second-order valence-electron chi connectivity index (χ2n) is 7.22. The maximum absolute atomic E-state index is 12.4. The first kappa shape index (κ1) is 19.4. The van der Waals surface area contributed by atoms with Crippen molar-refractivity contribution in [1.82, 2.24) is 15.2 Å². The summed E-state index contributed by atoms with van der Waals surface area (Å²) in [5.74, 6) is 0.185. The highest BCUT2D eigenvalue weighted by Gasteiger charge is 2.42. The quantitative estimate of drug-likeness (QED) is 0.722. The van der Waals surface area contributed by atoms with Gasteiger partial charge in [-0.3, -0.25) is 14.4 Å². The van der Waals surface area contributed by atoms with Gasteiger partial charge in [-0.05, 0) is 36.8 Å². The van der Waals surface area contributed by atoms with E-state index in [4.69, 9.17) is 5.73 Å². The molecule has 1 saturated heterocycles. The Labute approximate surface area is 162 Å². The zero-order chi connectivity index (χ0) is 18.3. The largest absolute Gasteiger partial charge is 0.360 e. The molecule has 2 aromatic rings. The number of nitrogens with two attached hydrogens (primary N) is 1. The molecule has 1 aromatic heterocycles. The molecule has 144 valence electrons. The molecule has 1 aromatic carbocycles. The van der Waals surface area contributed by atoms with Crippen LogP contribution in [-0.4, -0.2) is 47.4 Å². The van der Waals surface area contributed by atoms with Gasteiger partial charge in [-0.25, -0.2) is 0 Å². The van der Waals surface area contributed by atoms with Gasteiger partial charge in [0.05, 0.1) is 6.54 Å². The second-order valence-corrected chi connectivity index (χ2v) is 7.22. The molecule has 1 aliphatic carbocycles. The van der Waals surface area contributed by atoms with Crippen LogP contribution in [0.15, 0.2) is 35.3 Å². The number of likely N-dealkylation sites (tertiary alicyclic amines) is 1. The Morgan fingerprint density at radius 2 is 2.00 bits per heavy atom. The molecule has 0 radical (unpaired) electrons. The number of carbonyl (C=O) groups is 2. The Morgan fingerprint density at radius 1 is 1.22 bits per heavy atom. The van der Waals surface area contributed by atoms with E-state index in [1.54, 1.807) is 23.1 Å². The van der Waals surface area contributed by atoms with Crippen molar-refractivity contribution in [1.29, 1.82) is 0 Å². The molecule has 2 aliphatic rings. The minimum absolute atomic E-state index is 0. The van der Waals surface area contributed by atoms with Crippen LogP contribution in [0.2, 0.25) is 0 Å². The number of fused-ring (bicyclic) bond motifs is 2. The van der Waals surface area contributed by atoms with Gasteiger partial charge in [-0.1, -0.05) is 12.1 Å². The lowest BCUT2D eigenvalue weighted by Gasteiger charge is -2.19. The van der Waals surface area contributed by atoms with Gasteiger partial charge in [-0.2, -0.15) is 0 Å². The summed E-state index contributed by atoms with van der Waals surface area (Å²) >= 11 is 0. The zero-order valence-electron chi connectivity index (χ0n) is 14.8. The van der Waals surface area contributed by atoms with Crippen molar-refractivity contribution in [3.63, 3.8) is 0 Å². The van der Waals surface area contributed by atoms with E-state index in [1.165, 1.54) is 6.20 Å². The van der Waals surface area contributed by atoms with Crippen molar-refractivity contribution < 1.29 is 9.59 Å². The Morgan fingerprint density at radius 3 is 2.78 bits per heavy atom. The molecule has 0 bridgehead atoms. The predicted molar refractivity (Wildman–Crippen MR) is 105 cm³/mol. The number of hydrogen-bond donors (Lipinski definition) is 3. The fourth-order valence-corrected chi connectivity index (χ4v) is 4.21. The van der Waals surface area contributed by atoms with Crippen LogP contribution < -0.4 is 16.5 Å². The Kier molecular flexibility index (Phi) is 5.53. The topological polar surface area (TPSA) is 108 Å². The fourth-order valence-electron chi connectivity index (χ4n) is 4.21. The first-order valence-corrected chi connectivity index (χ1v) is 8.96. The van der Waals surface area contributed by atoms with E-state index < -0.39 is 5.91 Å². The third-order valence-electron chi connectivity index (χ3n) is 5.70. The molecule has 4 rings (SSSR count). The van der Waals surface area contributed by atoms with E-state index >= 15 is 0 Å². The van der Waals surface area contributed by atoms with E-state index in [1.807, 2.05) is 6.07 Å². The average molecular weight is 391 g/mol. The van der Waals surface area contributed by atoms with Gasteiger partial charge in [0.25, 0.3) is 5.91 Å². The van der Waals surface area contributed by atoms with E-state index in [0.717, 1.165) is 12.8 Å². The molecule has 1 aliphatic heterocycles. The third-order valence-corrected chi connectivity index (χ3v) is 5.70. The number of aromatic nitrogens is 1. The molecule has 8 heteroatoms. The number of nitrogens with zero attached hydrogens (tertiary/aromatic N) is 1. The summed E-state index contributed by atoms with van der Waals surface area (Å²) in [4.78, 5) is 41.9. The first-order chi connectivity index (χ1) is 12.5. The molecule has 0 spiro atoms. The van der Waals surface area contributed by atoms with Crippen LogP contribution >= 0.6 is 12.4 Å². The average Bonchev–Trinajstić information content (AvgIpc) is 3.22. The standard InChI is InChI=1S/C19H22N4O3.ClH/c20-15-6-5-11-9-23(10-14(11)15)17(24)8-22-19(26)13-7-21-16-4-2-1-3-12(16)18(13)25;/h1-4,7,11,14-15H,5-6,8-10,20H2,(H,21,25)(H,22,26);1H. The maximum Gasteiger partial charge on any atom is 0.257 e. The molecule has 2 fully saturated rings. The van der Waals surface area contributed by atoms with Gasteiger partial charge in [0.15, 0.2) is 0 Å². The van der Waals surface area contributed by atoms with Crippen LogP contribution in [0.3, 0.4) is 0 Å². The highest BCUT2D eigenvalue weighted by Crippen LogP contribution is 2.36. The van der Waals surface area contributed by atoms with Crippen molar-refractivity contribution in [3.8, 4) is 0 Å². The number of nitrogens with one attached hydrogen (secondary N) is 2. The molecule has 2 amide bonds. The Bertz CT molecular complexity index is 929. The highest BCUT2D eigenvalue weighted by atomic mass is 35.5. The molecule has 4 N–H and O–H groups in total. The van der Waals surface area contributed by atoms with E-state index in [0.29, 0.717) is 35.8 Å². The van der Waals surface area contributed by atoms with Gasteiger partial charge < -0.3 is 20.9 Å². The Hall–Kier alpha value is -2.38. The van der Waals surface area contributed by atoms with Gasteiger partial charge in [-0.15, -0.1) is 12.4 Å². The van der Waals surface area contributed by atoms with Crippen molar-refractivity contribution >= 4 is 35.1 Å². The number of amides is 2. The maximum atomic E-state index is 12.4. The lowest BCUT2D eigenvalue weighted by Crippen LogP contribution is -2.41. The summed E-state index contributed by atoms with van der Waals surface area (Å²) in [6.45, 7) is 1.26. The van der Waals surface area contributed by atoms with Gasteiger partial charge in [0.1, 0.15) is 5.56 Å². The lowest BCUT2D eigenvalue weighted by molar-refractivity contribution is -0.129. The summed E-state index contributed by atoms with van der Waals surface area (Å²) < 4.78 is 0. The zero-order valence-corrected chi connectivity index (χ0v) is 15.6. The Balaban J connectivity index is 0.00000210. The van der Waals surface area contributed by atoms with Gasteiger partial charge >= 0.3 is 0 Å². The summed E-state index contributed by atoms with van der Waals surface area (Å²) in [7, 11) is 0. The predicted octanol–water partition coefficient (Wildman–Crippen LogP) is 0.875. The number of rotatable bonds is 3. The number of benzene rings is 1. The number of pyridine rings is 1. The van der Waals surface area contributed by atoms with Crippen molar-refractivity contribution in [2.24, 2.45) is 17.6 Å². The van der Waals surface area contributed by atoms with E-state index in [-0.39, 0.29) is 41.9 Å². The fraction of sp³-hybridized carbons (Fsp3) is 0.421. The summed E-state index contributed by atoms with van der Waals surface area (Å²) in [5.41, 5.74) is 6.44. The van der Waals surface area contributed by atoms with Gasteiger partial charge in [0, 0.05) is 36.2 Å². The number of carbonyl (C=O) groups excluding carboxylic acids is 2. The number of para-hydroxylation sites is 1. The molecular weight excluding hydrogens is 368 g/mol. The van der Waals surface area contributed by atoms with Crippen LogP contribution in [0.5, 0.6) is 0 Å². The summed E-state index contributed by atoms with van der Waals surface area (Å²) in [6.07, 6.45) is 3.48. The molecule has 3 unspecified atom stereocenters. The van der Waals surface area contributed by atoms with Crippen LogP contribution in [0.25, 0.3) is 10.9 Å². The number of H-pyrrole nitrogens is 1. The number of aromatic amines is 1. The van der Waals surface area contributed by atoms with Crippen molar-refractivity contribution in [2.45, 2.75) is 18.9 Å². The summed E-state index contributed by atoms with van der Waals surface area (Å²) in [5, 5.41) is 3.03. The van der Waals surface area contributed by atoms with Crippen LogP contribution in [0, 0.1) is 11.8 Å². The second kappa shape index (κ2) is 7.70. The molecule has 2 heterocycles. The highest BCUT2D eigenvalue weighted by molar-refractivity contribution is 5.98. The molecule has 27 heavy (non-hydrogen) atoms. The number of halogens is 1. The molecular formula is C19H23ClN4O3. The normalized spacial score (nSPS) is 23.7. The molecule has 7 nitrogen and oxygen atoms in total. The number of hydrogen-bond acceptors (Lipinski definition) is 4. The van der Waals surface area contributed by atoms with E-state index in [2.05, 4.69) is 10.3 Å². The minimum Gasteiger partial charge on any atom is -0.360 e. The lowest BCUT2D eigenvalue weighted by atomic mass is 9.98. The smallest absolute Gasteiger partial charge is 0.257 e. The van der Waals surface area contributed by atoms with Crippen LogP contribution in [0.1, 0.15) is 23.2 Å². The third kappa shape index (κ3) is 3.57. The first-order valence-electron chi connectivity index (χ1n) is 8.96. The van der Waals surface area contributed by atoms with Gasteiger partial charge in [0.2, 0.25) is 11.3 Å². The molecule has 3 atom stereocenters.